The molecular weight excluding hydrogens is 259 g/mol. The average Bonchev–Trinajstić information content (AvgIpc) is 2.80. The zero-order valence-corrected chi connectivity index (χ0v) is 11.6. The number of H-pyrrole nitrogens is 1. The van der Waals surface area contributed by atoms with Crippen molar-refractivity contribution in [2.24, 2.45) is 0 Å². The maximum atomic E-state index is 13.6. The Morgan fingerprint density at radius 3 is 2.65 bits per heavy atom. The van der Waals surface area contributed by atoms with Gasteiger partial charge in [-0.05, 0) is 18.2 Å². The molecule has 5 nitrogen and oxygen atoms in total. The van der Waals surface area contributed by atoms with Gasteiger partial charge in [0.1, 0.15) is 5.82 Å². The fourth-order valence-corrected chi connectivity index (χ4v) is 1.67. The van der Waals surface area contributed by atoms with Gasteiger partial charge in [-0.2, -0.15) is 5.10 Å². The van der Waals surface area contributed by atoms with Gasteiger partial charge in [0.2, 0.25) is 0 Å². The first kappa shape index (κ1) is 14.0. The summed E-state index contributed by atoms with van der Waals surface area (Å²) in [7, 11) is 0. The van der Waals surface area contributed by atoms with E-state index in [0.29, 0.717) is 11.5 Å². The van der Waals surface area contributed by atoms with E-state index in [0.717, 1.165) is 11.8 Å². The molecule has 0 radical (unpaired) electrons. The Morgan fingerprint density at radius 2 is 2.05 bits per heavy atom. The molecule has 0 saturated carbocycles. The Labute approximate surface area is 116 Å². The number of hydrogen-bond acceptors (Lipinski definition) is 3. The minimum Gasteiger partial charge on any atom is -0.399 e. The van der Waals surface area contributed by atoms with Crippen LogP contribution in [0.3, 0.4) is 0 Å². The van der Waals surface area contributed by atoms with Crippen LogP contribution in [0.4, 0.5) is 15.9 Å². The first-order valence-electron chi connectivity index (χ1n) is 6.19. The minimum absolute atomic E-state index is 0.106. The Kier molecular flexibility index (Phi) is 3.48. The van der Waals surface area contributed by atoms with Crippen LogP contribution < -0.4 is 11.1 Å². The predicted octanol–water partition coefficient (Wildman–Crippen LogP) is 2.68. The number of nitrogens with two attached hydrogens (primary N) is 1. The second kappa shape index (κ2) is 4.96. The lowest BCUT2D eigenvalue weighted by Crippen LogP contribution is -2.14. The van der Waals surface area contributed by atoms with E-state index in [4.69, 9.17) is 5.73 Å². The molecule has 6 heteroatoms. The number of nitrogens with one attached hydrogen (secondary N) is 2. The molecule has 1 amide bonds. The van der Waals surface area contributed by atoms with Gasteiger partial charge in [-0.25, -0.2) is 4.39 Å². The van der Waals surface area contributed by atoms with Gasteiger partial charge in [-0.1, -0.05) is 20.8 Å². The van der Waals surface area contributed by atoms with Gasteiger partial charge in [0, 0.05) is 22.9 Å². The summed E-state index contributed by atoms with van der Waals surface area (Å²) in [6, 6.07) is 5.58. The van der Waals surface area contributed by atoms with Crippen LogP contribution in [0.25, 0.3) is 0 Å². The molecular formula is C14H17FN4O. The molecule has 0 aliphatic heterocycles. The molecule has 0 spiro atoms. The van der Waals surface area contributed by atoms with Crippen molar-refractivity contribution >= 4 is 17.4 Å². The summed E-state index contributed by atoms with van der Waals surface area (Å²) in [5.41, 5.74) is 6.54. The first-order chi connectivity index (χ1) is 9.27. The number of halogens is 1. The van der Waals surface area contributed by atoms with Crippen LogP contribution in [0.1, 0.15) is 36.8 Å². The molecule has 20 heavy (non-hydrogen) atoms. The number of aromatic nitrogens is 2. The summed E-state index contributed by atoms with van der Waals surface area (Å²) in [6.45, 7) is 6.05. The van der Waals surface area contributed by atoms with E-state index >= 15 is 0 Å². The summed E-state index contributed by atoms with van der Waals surface area (Å²) in [5, 5.41) is 9.38. The van der Waals surface area contributed by atoms with E-state index in [1.54, 1.807) is 6.07 Å². The zero-order chi connectivity index (χ0) is 14.9. The van der Waals surface area contributed by atoms with Crippen LogP contribution in [0, 0.1) is 5.82 Å². The molecule has 1 aromatic heterocycles. The lowest BCUT2D eigenvalue weighted by Gasteiger charge is -2.14. The molecule has 0 aliphatic rings. The molecule has 0 fully saturated rings. The van der Waals surface area contributed by atoms with Crippen LogP contribution in [0.5, 0.6) is 0 Å². The lowest BCUT2D eigenvalue weighted by atomic mass is 9.92. The van der Waals surface area contributed by atoms with Gasteiger partial charge in [0.05, 0.1) is 5.56 Å². The summed E-state index contributed by atoms with van der Waals surface area (Å²) >= 11 is 0. The van der Waals surface area contributed by atoms with Crippen molar-refractivity contribution < 1.29 is 9.18 Å². The second-order valence-electron chi connectivity index (χ2n) is 5.61. The van der Waals surface area contributed by atoms with Gasteiger partial charge in [-0.3, -0.25) is 9.89 Å². The zero-order valence-electron chi connectivity index (χ0n) is 11.6. The number of carbonyl (C=O) groups excluding carboxylic acids is 1. The van der Waals surface area contributed by atoms with Crippen molar-refractivity contribution in [1.29, 1.82) is 0 Å². The van der Waals surface area contributed by atoms with Gasteiger partial charge >= 0.3 is 0 Å². The molecule has 0 unspecified atom stereocenters. The van der Waals surface area contributed by atoms with Crippen LogP contribution in [0.15, 0.2) is 24.3 Å². The molecule has 2 aromatic rings. The topological polar surface area (TPSA) is 83.8 Å². The van der Waals surface area contributed by atoms with E-state index in [9.17, 15) is 9.18 Å². The van der Waals surface area contributed by atoms with Gasteiger partial charge in [-0.15, -0.1) is 0 Å². The Hall–Kier alpha value is -2.37. The molecule has 1 aromatic carbocycles. The third-order valence-corrected chi connectivity index (χ3v) is 2.86. The largest absolute Gasteiger partial charge is 0.399 e. The standard InChI is InChI=1S/C14H17FN4O/c1-14(2,3)11-7-12(19-18-11)17-13(20)9-6-8(16)4-5-10(9)15/h4-7H,16H2,1-3H3,(H2,17,18,19,20). The molecule has 0 atom stereocenters. The highest BCUT2D eigenvalue weighted by Crippen LogP contribution is 2.22. The van der Waals surface area contributed by atoms with Gasteiger partial charge in [0.25, 0.3) is 5.91 Å². The number of aromatic amines is 1. The Morgan fingerprint density at radius 1 is 1.35 bits per heavy atom. The Balaban J connectivity index is 2.20. The first-order valence-corrected chi connectivity index (χ1v) is 6.19. The van der Waals surface area contributed by atoms with Crippen molar-refractivity contribution in [2.75, 3.05) is 11.1 Å². The number of carbonyl (C=O) groups is 1. The van der Waals surface area contributed by atoms with Crippen molar-refractivity contribution in [1.82, 2.24) is 10.2 Å². The number of nitrogen functional groups attached to an aromatic ring is 1. The van der Waals surface area contributed by atoms with Crippen LogP contribution in [-0.2, 0) is 5.41 Å². The van der Waals surface area contributed by atoms with E-state index in [2.05, 4.69) is 15.5 Å². The third-order valence-electron chi connectivity index (χ3n) is 2.86. The molecule has 0 aliphatic carbocycles. The number of nitrogens with zero attached hydrogens (tertiary/aromatic N) is 1. The van der Waals surface area contributed by atoms with Crippen molar-refractivity contribution in [3.05, 3.63) is 41.3 Å². The number of benzene rings is 1. The Bertz CT molecular complexity index is 643. The molecule has 0 bridgehead atoms. The third kappa shape index (κ3) is 2.96. The van der Waals surface area contributed by atoms with E-state index in [-0.39, 0.29) is 11.0 Å². The maximum absolute atomic E-state index is 13.6. The normalized spacial score (nSPS) is 11.4. The van der Waals surface area contributed by atoms with Gasteiger partial charge in [0.15, 0.2) is 5.82 Å². The highest BCUT2D eigenvalue weighted by molar-refractivity contribution is 6.04. The molecule has 106 valence electrons. The highest BCUT2D eigenvalue weighted by Gasteiger charge is 2.18. The van der Waals surface area contributed by atoms with Gasteiger partial charge < -0.3 is 11.1 Å². The predicted molar refractivity (Wildman–Crippen MR) is 76.1 cm³/mol. The van der Waals surface area contributed by atoms with Crippen LogP contribution >= 0.6 is 0 Å². The molecule has 0 saturated heterocycles. The number of hydrogen-bond donors (Lipinski definition) is 3. The average molecular weight is 276 g/mol. The smallest absolute Gasteiger partial charge is 0.259 e. The number of anilines is 2. The SMILES string of the molecule is CC(C)(C)c1cc(NC(=O)c2cc(N)ccc2F)n[nH]1. The fraction of sp³-hybridized carbons (Fsp3) is 0.286. The van der Waals surface area contributed by atoms with E-state index in [1.807, 2.05) is 20.8 Å². The van der Waals surface area contributed by atoms with Crippen molar-refractivity contribution in [3.8, 4) is 0 Å². The molecule has 2 rings (SSSR count). The highest BCUT2D eigenvalue weighted by atomic mass is 19.1. The van der Waals surface area contributed by atoms with Crippen LogP contribution in [0.2, 0.25) is 0 Å². The van der Waals surface area contributed by atoms with Crippen LogP contribution in [-0.4, -0.2) is 16.1 Å². The number of rotatable bonds is 2. The monoisotopic (exact) mass is 276 g/mol. The second-order valence-corrected chi connectivity index (χ2v) is 5.61. The molecule has 4 N–H and O–H groups in total. The number of amides is 1. The van der Waals surface area contributed by atoms with Crippen molar-refractivity contribution in [3.63, 3.8) is 0 Å². The lowest BCUT2D eigenvalue weighted by molar-refractivity contribution is 0.102. The fourth-order valence-electron chi connectivity index (χ4n) is 1.67. The summed E-state index contributed by atoms with van der Waals surface area (Å²) in [6.07, 6.45) is 0. The van der Waals surface area contributed by atoms with E-state index in [1.165, 1.54) is 12.1 Å². The quantitative estimate of drug-likeness (QED) is 0.737. The minimum atomic E-state index is -0.622. The van der Waals surface area contributed by atoms with Crippen molar-refractivity contribution in [2.45, 2.75) is 26.2 Å². The summed E-state index contributed by atoms with van der Waals surface area (Å²) < 4.78 is 13.6. The summed E-state index contributed by atoms with van der Waals surface area (Å²) in [4.78, 5) is 12.0. The van der Waals surface area contributed by atoms with E-state index < -0.39 is 11.7 Å². The summed E-state index contributed by atoms with van der Waals surface area (Å²) in [5.74, 6) is -0.855. The molecule has 1 heterocycles. The maximum Gasteiger partial charge on any atom is 0.259 e.